The molecule has 0 radical (unpaired) electrons. The van der Waals surface area contributed by atoms with Crippen molar-refractivity contribution in [2.45, 2.75) is 20.4 Å². The molecule has 2 aromatic heterocycles. The number of aryl methyl sites for hydroxylation is 2. The van der Waals surface area contributed by atoms with Crippen LogP contribution in [0, 0.1) is 13.8 Å². The summed E-state index contributed by atoms with van der Waals surface area (Å²) in [6, 6.07) is 12.9. The summed E-state index contributed by atoms with van der Waals surface area (Å²) >= 11 is 0. The molecule has 0 aliphatic carbocycles. The lowest BCUT2D eigenvalue weighted by Crippen LogP contribution is -2.16. The smallest absolute Gasteiger partial charge is 0.274 e. The van der Waals surface area contributed by atoms with Gasteiger partial charge < -0.3 is 15.1 Å². The lowest BCUT2D eigenvalue weighted by atomic mass is 10.2. The number of amides is 1. The number of rotatable bonds is 5. The number of aromatic nitrogens is 2. The van der Waals surface area contributed by atoms with Crippen LogP contribution >= 0.6 is 0 Å². The van der Waals surface area contributed by atoms with E-state index >= 15 is 0 Å². The first kappa shape index (κ1) is 15.7. The van der Waals surface area contributed by atoms with Gasteiger partial charge in [-0.25, -0.2) is 9.97 Å². The molecule has 0 atom stereocenters. The summed E-state index contributed by atoms with van der Waals surface area (Å²) in [5.74, 6) is 0.888. The van der Waals surface area contributed by atoms with Crippen LogP contribution in [-0.2, 0) is 6.54 Å². The maximum atomic E-state index is 12.4. The third-order valence-corrected chi connectivity index (χ3v) is 3.36. The summed E-state index contributed by atoms with van der Waals surface area (Å²) < 4.78 is 5.26. The fourth-order valence-corrected chi connectivity index (χ4v) is 2.26. The number of carbonyl (C=O) groups excluding carboxylic acids is 1. The average molecular weight is 322 g/mol. The van der Waals surface area contributed by atoms with Gasteiger partial charge in [0.05, 0.1) is 12.8 Å². The Bertz CT molecular complexity index is 844. The second-order valence-corrected chi connectivity index (χ2v) is 5.47. The van der Waals surface area contributed by atoms with E-state index in [1.54, 1.807) is 12.3 Å². The molecule has 2 heterocycles. The van der Waals surface area contributed by atoms with Crippen LogP contribution in [0.5, 0.6) is 0 Å². The van der Waals surface area contributed by atoms with Gasteiger partial charge in [-0.2, -0.15) is 0 Å². The van der Waals surface area contributed by atoms with Gasteiger partial charge in [0.25, 0.3) is 5.91 Å². The van der Waals surface area contributed by atoms with Crippen LogP contribution < -0.4 is 10.6 Å². The molecule has 6 heteroatoms. The molecular weight excluding hydrogens is 304 g/mol. The van der Waals surface area contributed by atoms with Crippen molar-refractivity contribution >= 4 is 17.5 Å². The molecule has 0 unspecified atom stereocenters. The maximum absolute atomic E-state index is 12.4. The van der Waals surface area contributed by atoms with Crippen LogP contribution in [0.15, 0.2) is 53.1 Å². The van der Waals surface area contributed by atoms with E-state index in [-0.39, 0.29) is 5.91 Å². The first-order chi connectivity index (χ1) is 11.6. The Morgan fingerprint density at radius 3 is 2.75 bits per heavy atom. The average Bonchev–Trinajstić information content (AvgIpc) is 3.06. The summed E-state index contributed by atoms with van der Waals surface area (Å²) in [4.78, 5) is 21.0. The highest BCUT2D eigenvalue weighted by Gasteiger charge is 2.11. The van der Waals surface area contributed by atoms with Gasteiger partial charge >= 0.3 is 0 Å². The van der Waals surface area contributed by atoms with Crippen LogP contribution in [0.25, 0.3) is 0 Å². The predicted molar refractivity (Wildman–Crippen MR) is 91.9 cm³/mol. The minimum absolute atomic E-state index is 0.271. The normalized spacial score (nSPS) is 10.4. The molecular formula is C18H18N4O2. The summed E-state index contributed by atoms with van der Waals surface area (Å²) in [6.07, 6.45) is 1.61. The number of nitrogens with zero attached hydrogens (tertiary/aromatic N) is 2. The Morgan fingerprint density at radius 2 is 2.00 bits per heavy atom. The molecule has 3 rings (SSSR count). The van der Waals surface area contributed by atoms with Gasteiger partial charge in [-0.1, -0.05) is 12.1 Å². The van der Waals surface area contributed by atoms with Gasteiger partial charge in [-0.05, 0) is 49.7 Å². The summed E-state index contributed by atoms with van der Waals surface area (Å²) in [5, 5.41) is 5.91. The molecule has 0 saturated heterocycles. The number of hydrogen-bond donors (Lipinski definition) is 2. The molecule has 1 amide bonds. The van der Waals surface area contributed by atoms with Crippen LogP contribution in [-0.4, -0.2) is 15.9 Å². The topological polar surface area (TPSA) is 80.0 Å². The van der Waals surface area contributed by atoms with Crippen LogP contribution in [0.1, 0.15) is 27.5 Å². The highest BCUT2D eigenvalue weighted by molar-refractivity contribution is 6.03. The number of benzene rings is 1. The molecule has 0 fully saturated rings. The fourth-order valence-electron chi connectivity index (χ4n) is 2.26. The Morgan fingerprint density at radius 1 is 1.12 bits per heavy atom. The lowest BCUT2D eigenvalue weighted by molar-refractivity contribution is 0.102. The highest BCUT2D eigenvalue weighted by atomic mass is 16.3. The van der Waals surface area contributed by atoms with Crippen molar-refractivity contribution in [3.05, 3.63) is 71.4 Å². The van der Waals surface area contributed by atoms with E-state index < -0.39 is 0 Å². The van der Waals surface area contributed by atoms with E-state index in [1.165, 1.54) is 0 Å². The number of carbonyl (C=O) groups is 1. The largest absolute Gasteiger partial charge is 0.467 e. The van der Waals surface area contributed by atoms with Crippen molar-refractivity contribution in [3.8, 4) is 0 Å². The van der Waals surface area contributed by atoms with Crippen molar-refractivity contribution in [2.24, 2.45) is 0 Å². The highest BCUT2D eigenvalue weighted by Crippen LogP contribution is 2.13. The minimum Gasteiger partial charge on any atom is -0.467 e. The predicted octanol–water partition coefficient (Wildman–Crippen LogP) is 3.55. The molecule has 24 heavy (non-hydrogen) atoms. The van der Waals surface area contributed by atoms with Gasteiger partial charge in [0.2, 0.25) is 5.95 Å². The van der Waals surface area contributed by atoms with Crippen LogP contribution in [0.3, 0.4) is 0 Å². The number of hydrogen-bond acceptors (Lipinski definition) is 5. The van der Waals surface area contributed by atoms with E-state index in [4.69, 9.17) is 4.42 Å². The molecule has 2 N–H and O–H groups in total. The van der Waals surface area contributed by atoms with Crippen molar-refractivity contribution in [1.29, 1.82) is 0 Å². The third kappa shape index (κ3) is 3.98. The number of anilines is 2. The minimum atomic E-state index is -0.271. The zero-order valence-corrected chi connectivity index (χ0v) is 13.5. The van der Waals surface area contributed by atoms with Gasteiger partial charge in [-0.3, -0.25) is 4.79 Å². The fraction of sp³-hybridized carbons (Fsp3) is 0.167. The van der Waals surface area contributed by atoms with Crippen molar-refractivity contribution < 1.29 is 9.21 Å². The van der Waals surface area contributed by atoms with E-state index in [1.807, 2.05) is 50.2 Å². The summed E-state index contributed by atoms with van der Waals surface area (Å²) in [6.45, 7) is 4.25. The first-order valence-electron chi connectivity index (χ1n) is 7.60. The standard InChI is InChI=1S/C18H18N4O2/c1-12-5-3-6-14(9-12)21-17(23)16-10-13(2)20-18(22-16)19-11-15-7-4-8-24-15/h3-10H,11H2,1-2H3,(H,21,23)(H,19,20,22). The molecule has 122 valence electrons. The van der Waals surface area contributed by atoms with Crippen LogP contribution in [0.2, 0.25) is 0 Å². The lowest BCUT2D eigenvalue weighted by Gasteiger charge is -2.08. The van der Waals surface area contributed by atoms with E-state index in [0.29, 0.717) is 23.9 Å². The van der Waals surface area contributed by atoms with Gasteiger partial charge in [0.15, 0.2) is 0 Å². The van der Waals surface area contributed by atoms with Crippen molar-refractivity contribution in [2.75, 3.05) is 10.6 Å². The molecule has 0 spiro atoms. The summed E-state index contributed by atoms with van der Waals surface area (Å²) in [5.41, 5.74) is 2.83. The second-order valence-electron chi connectivity index (χ2n) is 5.47. The number of furan rings is 1. The van der Waals surface area contributed by atoms with Gasteiger partial charge in [0.1, 0.15) is 11.5 Å². The Labute approximate surface area is 140 Å². The van der Waals surface area contributed by atoms with Crippen molar-refractivity contribution in [3.63, 3.8) is 0 Å². The summed E-state index contributed by atoms with van der Waals surface area (Å²) in [7, 11) is 0. The van der Waals surface area contributed by atoms with Gasteiger partial charge in [-0.15, -0.1) is 0 Å². The molecule has 0 aliphatic rings. The molecule has 6 nitrogen and oxygen atoms in total. The molecule has 1 aromatic carbocycles. The monoisotopic (exact) mass is 322 g/mol. The Balaban J connectivity index is 1.73. The first-order valence-corrected chi connectivity index (χ1v) is 7.60. The number of nitrogens with one attached hydrogen (secondary N) is 2. The van der Waals surface area contributed by atoms with E-state index in [2.05, 4.69) is 20.6 Å². The SMILES string of the molecule is Cc1cccc(NC(=O)c2cc(C)nc(NCc3ccco3)n2)c1. The zero-order valence-electron chi connectivity index (χ0n) is 13.5. The van der Waals surface area contributed by atoms with Crippen LogP contribution in [0.4, 0.5) is 11.6 Å². The molecule has 0 bridgehead atoms. The van der Waals surface area contributed by atoms with E-state index in [9.17, 15) is 4.79 Å². The van der Waals surface area contributed by atoms with E-state index in [0.717, 1.165) is 17.0 Å². The Hall–Kier alpha value is -3.15. The quantitative estimate of drug-likeness (QED) is 0.751. The Kier molecular flexibility index (Phi) is 4.56. The molecule has 0 saturated carbocycles. The van der Waals surface area contributed by atoms with Crippen molar-refractivity contribution in [1.82, 2.24) is 9.97 Å². The molecule has 3 aromatic rings. The molecule has 0 aliphatic heterocycles. The maximum Gasteiger partial charge on any atom is 0.274 e. The zero-order chi connectivity index (χ0) is 16.9. The van der Waals surface area contributed by atoms with Gasteiger partial charge in [0, 0.05) is 11.4 Å². The second kappa shape index (κ2) is 6.95. The third-order valence-electron chi connectivity index (χ3n) is 3.36.